The Morgan fingerprint density at radius 3 is 2.35 bits per heavy atom. The quantitative estimate of drug-likeness (QED) is 0.176. The largest absolute Gasteiger partial charge is 0.460 e. The van der Waals surface area contributed by atoms with Crippen LogP contribution in [0.5, 0.6) is 0 Å². The Morgan fingerprint density at radius 2 is 1.73 bits per heavy atom. The van der Waals surface area contributed by atoms with Gasteiger partial charge >= 0.3 is 12.1 Å². The topological polar surface area (TPSA) is 81.4 Å². The number of hydrogen-bond donors (Lipinski definition) is 2. The van der Waals surface area contributed by atoms with E-state index in [0.29, 0.717) is 55.2 Å². The molecule has 2 atom stereocenters. The van der Waals surface area contributed by atoms with Gasteiger partial charge in [0.05, 0.1) is 11.0 Å². The number of anilines is 1. The number of carbonyl (C=O) groups excluding carboxylic acids is 2. The lowest BCUT2D eigenvalue weighted by atomic mass is 9.87. The summed E-state index contributed by atoms with van der Waals surface area (Å²) in [6, 6.07) is 15.6. The number of rotatable bonds is 12. The van der Waals surface area contributed by atoms with Crippen LogP contribution >= 0.6 is 0 Å². The van der Waals surface area contributed by atoms with Crippen LogP contribution in [0.15, 0.2) is 88.8 Å². The van der Waals surface area contributed by atoms with Crippen LogP contribution in [0, 0.1) is 5.92 Å². The van der Waals surface area contributed by atoms with E-state index in [1.54, 1.807) is 6.08 Å². The second-order valence-electron chi connectivity index (χ2n) is 14.5. The molecule has 3 aliphatic rings. The van der Waals surface area contributed by atoms with Crippen LogP contribution in [0.2, 0.25) is 0 Å². The Labute approximate surface area is 282 Å². The molecule has 1 amide bonds. The van der Waals surface area contributed by atoms with Gasteiger partial charge in [-0.15, -0.1) is 5.73 Å². The van der Waals surface area contributed by atoms with Gasteiger partial charge in [-0.05, 0) is 131 Å². The molecule has 2 fully saturated rings. The van der Waals surface area contributed by atoms with Gasteiger partial charge in [-0.3, -0.25) is 9.59 Å². The van der Waals surface area contributed by atoms with E-state index in [1.165, 1.54) is 11.6 Å². The van der Waals surface area contributed by atoms with Crippen LogP contribution in [-0.2, 0) is 26.2 Å². The summed E-state index contributed by atoms with van der Waals surface area (Å²) < 4.78 is 48.8. The van der Waals surface area contributed by atoms with Crippen molar-refractivity contribution in [3.05, 3.63) is 106 Å². The monoisotopic (exact) mass is 660 g/mol. The van der Waals surface area contributed by atoms with Crippen LogP contribution in [-0.4, -0.2) is 23.7 Å². The van der Waals surface area contributed by atoms with Crippen molar-refractivity contribution in [2.24, 2.45) is 11.7 Å². The van der Waals surface area contributed by atoms with Gasteiger partial charge in [-0.25, -0.2) is 0 Å². The van der Waals surface area contributed by atoms with Gasteiger partial charge < -0.3 is 15.8 Å². The van der Waals surface area contributed by atoms with E-state index in [4.69, 9.17) is 10.5 Å². The lowest BCUT2D eigenvalue weighted by Crippen LogP contribution is -2.29. The molecule has 0 radical (unpaired) electrons. The highest BCUT2D eigenvalue weighted by Gasteiger charge is 2.51. The summed E-state index contributed by atoms with van der Waals surface area (Å²) in [5, 5.41) is 3.35. The van der Waals surface area contributed by atoms with Crippen LogP contribution in [0.3, 0.4) is 0 Å². The molecule has 0 saturated heterocycles. The average molecular weight is 661 g/mol. The second-order valence-corrected chi connectivity index (χ2v) is 14.5. The number of ether oxygens (including phenoxy) is 1. The van der Waals surface area contributed by atoms with Gasteiger partial charge in [0.15, 0.2) is 0 Å². The summed E-state index contributed by atoms with van der Waals surface area (Å²) in [6.45, 7) is 7.49. The highest BCUT2D eigenvalue weighted by molar-refractivity contribution is 5.90. The minimum absolute atomic E-state index is 0.0850. The molecule has 2 saturated carbocycles. The zero-order valence-electron chi connectivity index (χ0n) is 28.4. The minimum Gasteiger partial charge on any atom is -0.460 e. The number of amides is 1. The molecule has 2 unspecified atom stereocenters. The summed E-state index contributed by atoms with van der Waals surface area (Å²) in [5.41, 5.74) is 11.7. The van der Waals surface area contributed by atoms with Crippen LogP contribution in [0.4, 0.5) is 18.9 Å². The molecule has 2 aromatic rings. The van der Waals surface area contributed by atoms with E-state index < -0.39 is 22.8 Å². The number of benzene rings is 2. The standard InChI is InChI=1S/C40H47F3N2O3/c1-5-27-25-34(40(41,42)43)30(14-13-29-8-6-7-9-33(29)39(22-23-39)37(44)47)17-20-35(27)45-32-18-15-28(16-19-32)31-12-10-26(24-31)11-21-36(46)48-38(2,3)4/h6-9,15-16,18-20,25-26,31,45H,5,10-14,21-24H2,1-4H3,(H2,44,47). The fourth-order valence-corrected chi connectivity index (χ4v) is 7.12. The molecule has 0 aromatic heterocycles. The number of hydrogen-bond acceptors (Lipinski definition) is 4. The van der Waals surface area contributed by atoms with Gasteiger partial charge in [-0.1, -0.05) is 43.3 Å². The molecular formula is C40H47F3N2O3. The molecule has 0 spiro atoms. The van der Waals surface area contributed by atoms with Crippen molar-refractivity contribution >= 4 is 17.6 Å². The molecule has 3 N–H and O–H groups in total. The fourth-order valence-electron chi connectivity index (χ4n) is 7.12. The first-order valence-electron chi connectivity index (χ1n) is 17.1. The minimum atomic E-state index is -4.55. The normalized spacial score (nSPS) is 20.6. The van der Waals surface area contributed by atoms with E-state index in [1.807, 2.05) is 64.1 Å². The van der Waals surface area contributed by atoms with E-state index in [0.717, 1.165) is 42.5 Å². The predicted octanol–water partition coefficient (Wildman–Crippen LogP) is 9.50. The molecule has 0 bridgehead atoms. The van der Waals surface area contributed by atoms with Crippen molar-refractivity contribution in [3.8, 4) is 0 Å². The van der Waals surface area contributed by atoms with Crippen LogP contribution < -0.4 is 11.1 Å². The summed E-state index contributed by atoms with van der Waals surface area (Å²) in [7, 11) is 0. The molecule has 0 heterocycles. The number of nitrogens with one attached hydrogen (secondary N) is 1. The maximum absolute atomic E-state index is 14.4. The molecule has 8 heteroatoms. The molecule has 0 aliphatic heterocycles. The number of halogens is 3. The number of aryl methyl sites for hydroxylation is 1. The third-order valence-electron chi connectivity index (χ3n) is 9.84. The van der Waals surface area contributed by atoms with Gasteiger partial charge in [0.2, 0.25) is 5.91 Å². The Balaban J connectivity index is 1.28. The highest BCUT2D eigenvalue weighted by Crippen LogP contribution is 2.49. The van der Waals surface area contributed by atoms with Gasteiger partial charge in [0.1, 0.15) is 5.60 Å². The van der Waals surface area contributed by atoms with E-state index in [-0.39, 0.29) is 23.9 Å². The number of allylic oxidation sites excluding steroid dienone is 4. The van der Waals surface area contributed by atoms with Gasteiger partial charge in [-0.2, -0.15) is 13.2 Å². The Hall–Kier alpha value is -4.03. The van der Waals surface area contributed by atoms with Gasteiger partial charge in [0.25, 0.3) is 0 Å². The predicted molar refractivity (Wildman–Crippen MR) is 183 cm³/mol. The van der Waals surface area contributed by atoms with E-state index >= 15 is 0 Å². The van der Waals surface area contributed by atoms with E-state index in [9.17, 15) is 22.8 Å². The highest BCUT2D eigenvalue weighted by atomic mass is 19.4. The number of primary amides is 1. The number of nitrogens with two attached hydrogens (primary N) is 1. The van der Waals surface area contributed by atoms with E-state index in [2.05, 4.69) is 23.2 Å². The first-order chi connectivity index (χ1) is 22.7. The Kier molecular flexibility index (Phi) is 10.4. The summed E-state index contributed by atoms with van der Waals surface area (Å²) in [4.78, 5) is 24.4. The Bertz CT molecular complexity index is 1650. The number of esters is 1. The zero-order valence-corrected chi connectivity index (χ0v) is 28.4. The molecule has 5 rings (SSSR count). The van der Waals surface area contributed by atoms with Crippen LogP contribution in [0.1, 0.15) is 108 Å². The number of carbonyl (C=O) groups is 2. The first-order valence-corrected chi connectivity index (χ1v) is 17.1. The third-order valence-corrected chi connectivity index (χ3v) is 9.84. The van der Waals surface area contributed by atoms with Crippen LogP contribution in [0.25, 0.3) is 0 Å². The van der Waals surface area contributed by atoms with Crippen molar-refractivity contribution in [3.63, 3.8) is 0 Å². The van der Waals surface area contributed by atoms with Crippen molar-refractivity contribution in [2.45, 2.75) is 115 Å². The second kappa shape index (κ2) is 14.2. The summed E-state index contributed by atoms with van der Waals surface area (Å²) in [6.07, 6.45) is 4.92. The van der Waals surface area contributed by atoms with Crippen molar-refractivity contribution in [1.82, 2.24) is 0 Å². The third kappa shape index (κ3) is 8.51. The Morgan fingerprint density at radius 1 is 1.02 bits per heavy atom. The fraction of sp³-hybridized carbons (Fsp3) is 0.475. The summed E-state index contributed by atoms with van der Waals surface area (Å²) in [5.74, 6) is 0.362. The molecule has 256 valence electrons. The molecule has 3 aliphatic carbocycles. The number of alkyl halides is 3. The molecule has 5 nitrogen and oxygen atoms in total. The SMILES string of the molecule is CCC1=C(Nc2ccc(C3CCC(CCC(=O)OC(C)(C)C)C3)cc2)C=C=C(CCc2ccccc2C2(C(N)=O)CC2)C(C(F)(F)F)=C1. The van der Waals surface area contributed by atoms with Gasteiger partial charge in [0, 0.05) is 29.5 Å². The lowest BCUT2D eigenvalue weighted by Gasteiger charge is -2.20. The molecular weight excluding hydrogens is 613 g/mol. The maximum Gasteiger partial charge on any atom is 0.417 e. The first kappa shape index (κ1) is 35.3. The smallest absolute Gasteiger partial charge is 0.417 e. The maximum atomic E-state index is 14.4. The lowest BCUT2D eigenvalue weighted by molar-refractivity contribution is -0.155. The molecule has 2 aromatic carbocycles. The average Bonchev–Trinajstić information content (AvgIpc) is 3.74. The van der Waals surface area contributed by atoms with Crippen molar-refractivity contribution in [1.29, 1.82) is 0 Å². The zero-order chi connectivity index (χ0) is 34.7. The van der Waals surface area contributed by atoms with Crippen molar-refractivity contribution in [2.75, 3.05) is 5.32 Å². The molecule has 48 heavy (non-hydrogen) atoms. The van der Waals surface area contributed by atoms with Crippen molar-refractivity contribution < 1.29 is 27.5 Å². The summed E-state index contributed by atoms with van der Waals surface area (Å²) >= 11 is 0.